The summed E-state index contributed by atoms with van der Waals surface area (Å²) in [6.45, 7) is 7.82. The highest BCUT2D eigenvalue weighted by atomic mass is 35.5. The van der Waals surface area contributed by atoms with E-state index in [4.69, 9.17) is 23.2 Å². The summed E-state index contributed by atoms with van der Waals surface area (Å²) in [4.78, 5) is 0. The van der Waals surface area contributed by atoms with E-state index in [1.807, 2.05) is 12.1 Å². The van der Waals surface area contributed by atoms with Gasteiger partial charge in [0.25, 0.3) is 0 Å². The van der Waals surface area contributed by atoms with Crippen LogP contribution >= 0.6 is 23.2 Å². The van der Waals surface area contributed by atoms with Crippen LogP contribution in [0.5, 0.6) is 0 Å². The van der Waals surface area contributed by atoms with Gasteiger partial charge in [-0.2, -0.15) is 0 Å². The maximum atomic E-state index is 6.11. The molecule has 0 bridgehead atoms. The molecule has 0 spiro atoms. The SMILES string of the molecule is CC(C)(C)NCC1CCCC1Cc1ccc(Cl)c(Cl)c1. The van der Waals surface area contributed by atoms with E-state index in [0.29, 0.717) is 10.0 Å². The van der Waals surface area contributed by atoms with Crippen molar-refractivity contribution in [3.05, 3.63) is 33.8 Å². The Morgan fingerprint density at radius 1 is 1.10 bits per heavy atom. The molecule has 0 aromatic heterocycles. The van der Waals surface area contributed by atoms with E-state index >= 15 is 0 Å². The lowest BCUT2D eigenvalue weighted by atomic mass is 9.89. The van der Waals surface area contributed by atoms with Gasteiger partial charge in [0.15, 0.2) is 0 Å². The molecule has 1 aromatic carbocycles. The molecule has 1 N–H and O–H groups in total. The molecule has 1 aliphatic carbocycles. The second-order valence-electron chi connectivity index (χ2n) is 7.03. The molecule has 1 aliphatic rings. The normalized spacial score (nSPS) is 23.2. The smallest absolute Gasteiger partial charge is 0.0595 e. The summed E-state index contributed by atoms with van der Waals surface area (Å²) in [7, 11) is 0. The van der Waals surface area contributed by atoms with Crippen molar-refractivity contribution in [2.24, 2.45) is 11.8 Å². The maximum absolute atomic E-state index is 6.11. The van der Waals surface area contributed by atoms with E-state index in [1.165, 1.54) is 24.8 Å². The van der Waals surface area contributed by atoms with Crippen LogP contribution in [-0.2, 0) is 6.42 Å². The largest absolute Gasteiger partial charge is 0.312 e. The molecule has 1 nitrogen and oxygen atoms in total. The fourth-order valence-electron chi connectivity index (χ4n) is 3.06. The minimum Gasteiger partial charge on any atom is -0.312 e. The van der Waals surface area contributed by atoms with E-state index in [2.05, 4.69) is 32.2 Å². The molecule has 0 radical (unpaired) electrons. The molecule has 0 saturated heterocycles. The average Bonchev–Trinajstić information content (AvgIpc) is 2.78. The van der Waals surface area contributed by atoms with Crippen LogP contribution in [0.3, 0.4) is 0 Å². The zero-order chi connectivity index (χ0) is 14.8. The summed E-state index contributed by atoms with van der Waals surface area (Å²) < 4.78 is 0. The van der Waals surface area contributed by atoms with E-state index in [9.17, 15) is 0 Å². The van der Waals surface area contributed by atoms with Gasteiger partial charge in [0.1, 0.15) is 0 Å². The third-order valence-electron chi connectivity index (χ3n) is 4.19. The first-order valence-corrected chi connectivity index (χ1v) is 8.30. The van der Waals surface area contributed by atoms with E-state index in [-0.39, 0.29) is 5.54 Å². The number of rotatable bonds is 4. The Labute approximate surface area is 133 Å². The van der Waals surface area contributed by atoms with Crippen LogP contribution in [0.25, 0.3) is 0 Å². The summed E-state index contributed by atoms with van der Waals surface area (Å²) in [5.74, 6) is 1.55. The summed E-state index contributed by atoms with van der Waals surface area (Å²) >= 11 is 12.1. The fourth-order valence-corrected chi connectivity index (χ4v) is 3.38. The van der Waals surface area contributed by atoms with Gasteiger partial charge in [-0.1, -0.05) is 35.7 Å². The van der Waals surface area contributed by atoms with Gasteiger partial charge in [-0.15, -0.1) is 0 Å². The standard InChI is InChI=1S/C17H25Cl2N/c1-17(2,3)20-11-14-6-4-5-13(14)9-12-7-8-15(18)16(19)10-12/h7-8,10,13-14,20H,4-6,9,11H2,1-3H3. The van der Waals surface area contributed by atoms with Gasteiger partial charge in [-0.3, -0.25) is 0 Å². The molecule has 2 atom stereocenters. The van der Waals surface area contributed by atoms with Gasteiger partial charge in [0, 0.05) is 5.54 Å². The van der Waals surface area contributed by atoms with Crippen molar-refractivity contribution in [2.45, 2.75) is 52.0 Å². The van der Waals surface area contributed by atoms with Crippen LogP contribution < -0.4 is 5.32 Å². The van der Waals surface area contributed by atoms with Gasteiger partial charge in [-0.25, -0.2) is 0 Å². The van der Waals surface area contributed by atoms with Gasteiger partial charge < -0.3 is 5.32 Å². The number of halogens is 2. The van der Waals surface area contributed by atoms with Gasteiger partial charge in [-0.05, 0) is 76.1 Å². The van der Waals surface area contributed by atoms with Gasteiger partial charge in [0.05, 0.1) is 10.0 Å². The van der Waals surface area contributed by atoms with Crippen LogP contribution in [0.4, 0.5) is 0 Å². The van der Waals surface area contributed by atoms with Crippen LogP contribution in [-0.4, -0.2) is 12.1 Å². The maximum Gasteiger partial charge on any atom is 0.0595 e. The topological polar surface area (TPSA) is 12.0 Å². The van der Waals surface area contributed by atoms with E-state index in [0.717, 1.165) is 24.8 Å². The first-order valence-electron chi connectivity index (χ1n) is 7.54. The summed E-state index contributed by atoms with van der Waals surface area (Å²) in [5, 5.41) is 4.97. The summed E-state index contributed by atoms with van der Waals surface area (Å²) in [5.41, 5.74) is 1.52. The molecular weight excluding hydrogens is 289 g/mol. The first-order chi connectivity index (χ1) is 9.35. The lowest BCUT2D eigenvalue weighted by Gasteiger charge is -2.26. The Morgan fingerprint density at radius 3 is 2.45 bits per heavy atom. The Kier molecular flexibility index (Phi) is 5.39. The second-order valence-corrected chi connectivity index (χ2v) is 7.85. The second kappa shape index (κ2) is 6.68. The zero-order valence-electron chi connectivity index (χ0n) is 12.7. The van der Waals surface area contributed by atoms with Crippen molar-refractivity contribution in [1.82, 2.24) is 5.32 Å². The average molecular weight is 314 g/mol. The predicted octanol–water partition coefficient (Wildman–Crippen LogP) is 5.34. The highest BCUT2D eigenvalue weighted by Gasteiger charge is 2.28. The Balaban J connectivity index is 1.95. The molecule has 1 saturated carbocycles. The number of benzene rings is 1. The van der Waals surface area contributed by atoms with Gasteiger partial charge >= 0.3 is 0 Å². The lowest BCUT2D eigenvalue weighted by Crippen LogP contribution is -2.40. The van der Waals surface area contributed by atoms with Crippen LogP contribution in [0, 0.1) is 11.8 Å². The van der Waals surface area contributed by atoms with Crippen molar-refractivity contribution in [2.75, 3.05) is 6.54 Å². The molecule has 0 amide bonds. The Hall–Kier alpha value is -0.240. The van der Waals surface area contributed by atoms with Crippen molar-refractivity contribution >= 4 is 23.2 Å². The lowest BCUT2D eigenvalue weighted by molar-refractivity contribution is 0.317. The van der Waals surface area contributed by atoms with Crippen molar-refractivity contribution in [3.8, 4) is 0 Å². The number of nitrogens with one attached hydrogen (secondary N) is 1. The number of hydrogen-bond acceptors (Lipinski definition) is 1. The predicted molar refractivity (Wildman–Crippen MR) is 88.8 cm³/mol. The van der Waals surface area contributed by atoms with Crippen molar-refractivity contribution in [1.29, 1.82) is 0 Å². The van der Waals surface area contributed by atoms with Crippen LogP contribution in [0.15, 0.2) is 18.2 Å². The Morgan fingerprint density at radius 2 is 1.80 bits per heavy atom. The molecule has 3 heteroatoms. The quantitative estimate of drug-likeness (QED) is 0.791. The third kappa shape index (κ3) is 4.65. The van der Waals surface area contributed by atoms with Crippen LogP contribution in [0.1, 0.15) is 45.6 Å². The van der Waals surface area contributed by atoms with Crippen molar-refractivity contribution in [3.63, 3.8) is 0 Å². The van der Waals surface area contributed by atoms with E-state index < -0.39 is 0 Å². The molecule has 112 valence electrons. The number of hydrogen-bond donors (Lipinski definition) is 1. The monoisotopic (exact) mass is 313 g/mol. The zero-order valence-corrected chi connectivity index (χ0v) is 14.2. The molecule has 1 fully saturated rings. The third-order valence-corrected chi connectivity index (χ3v) is 4.93. The Bertz CT molecular complexity index is 451. The van der Waals surface area contributed by atoms with E-state index in [1.54, 1.807) is 0 Å². The molecule has 1 aromatic rings. The highest BCUT2D eigenvalue weighted by Crippen LogP contribution is 2.35. The molecule has 0 heterocycles. The van der Waals surface area contributed by atoms with Gasteiger partial charge in [0.2, 0.25) is 0 Å². The van der Waals surface area contributed by atoms with Crippen LogP contribution in [0.2, 0.25) is 10.0 Å². The molecular formula is C17H25Cl2N. The molecule has 20 heavy (non-hydrogen) atoms. The summed E-state index contributed by atoms with van der Waals surface area (Å²) in [6.07, 6.45) is 5.14. The minimum absolute atomic E-state index is 0.205. The summed E-state index contributed by atoms with van der Waals surface area (Å²) in [6, 6.07) is 6.05. The molecule has 2 rings (SSSR count). The first kappa shape index (κ1) is 16.1. The highest BCUT2D eigenvalue weighted by molar-refractivity contribution is 6.42. The van der Waals surface area contributed by atoms with Crippen molar-refractivity contribution < 1.29 is 0 Å². The fraction of sp³-hybridized carbons (Fsp3) is 0.647. The minimum atomic E-state index is 0.205. The molecule has 2 unspecified atom stereocenters. The molecule has 0 aliphatic heterocycles.